The number of phenolic OH excluding ortho intramolecular Hbond substituents is 1. The number of hydrogen-bond acceptors (Lipinski definition) is 4. The Labute approximate surface area is 122 Å². The summed E-state index contributed by atoms with van der Waals surface area (Å²) in [4.78, 5) is 12.1. The number of hydrogen-bond donors (Lipinski definition) is 2. The summed E-state index contributed by atoms with van der Waals surface area (Å²) in [6.07, 6.45) is -0.656. The van der Waals surface area contributed by atoms with E-state index in [9.17, 15) is 9.90 Å². The van der Waals surface area contributed by atoms with Gasteiger partial charge in [0.2, 0.25) is 6.10 Å². The average molecular weight is 285 g/mol. The molecular formula is C16H15NO4. The molecule has 2 N–H and O–H groups in total. The van der Waals surface area contributed by atoms with Gasteiger partial charge >= 0.3 is 0 Å². The summed E-state index contributed by atoms with van der Waals surface area (Å²) in [5.74, 6) is 1.21. The SMILES string of the molecule is O=C(NCc1ccc(O)cc1)C1COc2ccccc2O1. The second-order valence-electron chi connectivity index (χ2n) is 4.75. The van der Waals surface area contributed by atoms with Crippen LogP contribution in [-0.4, -0.2) is 23.7 Å². The predicted octanol–water partition coefficient (Wildman–Crippen LogP) is 1.85. The maximum atomic E-state index is 12.1. The van der Waals surface area contributed by atoms with Crippen molar-refractivity contribution >= 4 is 5.91 Å². The lowest BCUT2D eigenvalue weighted by Gasteiger charge is -2.25. The highest BCUT2D eigenvalue weighted by molar-refractivity contribution is 5.81. The number of benzene rings is 2. The van der Waals surface area contributed by atoms with Crippen molar-refractivity contribution in [1.29, 1.82) is 0 Å². The molecule has 1 heterocycles. The molecule has 0 spiro atoms. The number of ether oxygens (including phenoxy) is 2. The number of amides is 1. The molecule has 21 heavy (non-hydrogen) atoms. The fraction of sp³-hybridized carbons (Fsp3) is 0.188. The molecule has 0 saturated carbocycles. The van der Waals surface area contributed by atoms with Crippen LogP contribution >= 0.6 is 0 Å². The van der Waals surface area contributed by atoms with E-state index in [0.29, 0.717) is 18.0 Å². The van der Waals surface area contributed by atoms with Crippen molar-refractivity contribution in [2.75, 3.05) is 6.61 Å². The molecule has 3 rings (SSSR count). The maximum absolute atomic E-state index is 12.1. The second-order valence-corrected chi connectivity index (χ2v) is 4.75. The van der Waals surface area contributed by atoms with Crippen molar-refractivity contribution in [3.63, 3.8) is 0 Å². The van der Waals surface area contributed by atoms with Gasteiger partial charge in [-0.25, -0.2) is 0 Å². The van der Waals surface area contributed by atoms with Gasteiger partial charge in [0.05, 0.1) is 0 Å². The first-order valence-electron chi connectivity index (χ1n) is 6.66. The normalized spacial score (nSPS) is 16.3. The molecule has 1 atom stereocenters. The molecule has 1 aliphatic rings. The largest absolute Gasteiger partial charge is 0.508 e. The number of aromatic hydroxyl groups is 1. The van der Waals surface area contributed by atoms with Gasteiger partial charge < -0.3 is 19.9 Å². The van der Waals surface area contributed by atoms with Gasteiger partial charge in [-0.1, -0.05) is 24.3 Å². The Bertz CT molecular complexity index is 639. The van der Waals surface area contributed by atoms with Crippen molar-refractivity contribution in [1.82, 2.24) is 5.32 Å². The van der Waals surface area contributed by atoms with Crippen molar-refractivity contribution in [3.8, 4) is 17.2 Å². The van der Waals surface area contributed by atoms with E-state index in [4.69, 9.17) is 9.47 Å². The van der Waals surface area contributed by atoms with Gasteiger partial charge in [-0.05, 0) is 29.8 Å². The van der Waals surface area contributed by atoms with E-state index in [2.05, 4.69) is 5.32 Å². The first-order chi connectivity index (χ1) is 10.2. The Kier molecular flexibility index (Phi) is 3.64. The third kappa shape index (κ3) is 3.08. The Hall–Kier alpha value is -2.69. The average Bonchev–Trinajstić information content (AvgIpc) is 2.53. The zero-order chi connectivity index (χ0) is 14.7. The van der Waals surface area contributed by atoms with E-state index in [-0.39, 0.29) is 18.3 Å². The minimum Gasteiger partial charge on any atom is -0.508 e. The van der Waals surface area contributed by atoms with Gasteiger partial charge in [-0.15, -0.1) is 0 Å². The summed E-state index contributed by atoms with van der Waals surface area (Å²) >= 11 is 0. The van der Waals surface area contributed by atoms with E-state index in [0.717, 1.165) is 5.56 Å². The van der Waals surface area contributed by atoms with Gasteiger partial charge in [0.15, 0.2) is 11.5 Å². The van der Waals surface area contributed by atoms with Crippen molar-refractivity contribution in [2.24, 2.45) is 0 Å². The zero-order valence-corrected chi connectivity index (χ0v) is 11.3. The van der Waals surface area contributed by atoms with Crippen LogP contribution in [0.5, 0.6) is 17.2 Å². The number of phenols is 1. The molecule has 1 amide bonds. The molecule has 2 aromatic rings. The van der Waals surface area contributed by atoms with Gasteiger partial charge in [-0.2, -0.15) is 0 Å². The number of carbonyl (C=O) groups is 1. The molecule has 0 saturated heterocycles. The number of para-hydroxylation sites is 2. The molecular weight excluding hydrogens is 270 g/mol. The predicted molar refractivity (Wildman–Crippen MR) is 76.3 cm³/mol. The van der Waals surface area contributed by atoms with E-state index in [1.165, 1.54) is 0 Å². The molecule has 1 aliphatic heterocycles. The van der Waals surface area contributed by atoms with Gasteiger partial charge in [-0.3, -0.25) is 4.79 Å². The highest BCUT2D eigenvalue weighted by atomic mass is 16.6. The van der Waals surface area contributed by atoms with E-state index >= 15 is 0 Å². The third-order valence-corrected chi connectivity index (χ3v) is 3.20. The van der Waals surface area contributed by atoms with Crippen LogP contribution in [0.3, 0.4) is 0 Å². The topological polar surface area (TPSA) is 67.8 Å². The van der Waals surface area contributed by atoms with E-state index in [1.807, 2.05) is 12.1 Å². The molecule has 0 aromatic heterocycles. The summed E-state index contributed by atoms with van der Waals surface area (Å²) in [5, 5.41) is 12.0. The fourth-order valence-corrected chi connectivity index (χ4v) is 2.07. The van der Waals surface area contributed by atoms with Crippen LogP contribution in [0.1, 0.15) is 5.56 Å². The van der Waals surface area contributed by atoms with Gasteiger partial charge in [0, 0.05) is 6.54 Å². The summed E-state index contributed by atoms with van der Waals surface area (Å²) in [6.45, 7) is 0.568. The van der Waals surface area contributed by atoms with Gasteiger partial charge in [0.25, 0.3) is 5.91 Å². The molecule has 0 bridgehead atoms. The molecule has 5 nitrogen and oxygen atoms in total. The van der Waals surface area contributed by atoms with Crippen molar-refractivity contribution < 1.29 is 19.4 Å². The monoisotopic (exact) mass is 285 g/mol. The zero-order valence-electron chi connectivity index (χ0n) is 11.3. The number of carbonyl (C=O) groups excluding carboxylic acids is 1. The Morgan fingerprint density at radius 1 is 1.14 bits per heavy atom. The second kappa shape index (κ2) is 5.75. The van der Waals surface area contributed by atoms with Crippen LogP contribution in [0, 0.1) is 0 Å². The summed E-state index contributed by atoms with van der Waals surface area (Å²) in [7, 11) is 0. The van der Waals surface area contributed by atoms with E-state index < -0.39 is 6.10 Å². The van der Waals surface area contributed by atoms with Crippen LogP contribution in [0.4, 0.5) is 0 Å². The van der Waals surface area contributed by atoms with Crippen LogP contribution in [0.2, 0.25) is 0 Å². The van der Waals surface area contributed by atoms with E-state index in [1.54, 1.807) is 36.4 Å². The number of rotatable bonds is 3. The van der Waals surface area contributed by atoms with Crippen LogP contribution < -0.4 is 14.8 Å². The molecule has 0 aliphatic carbocycles. The highest BCUT2D eigenvalue weighted by Gasteiger charge is 2.26. The smallest absolute Gasteiger partial charge is 0.264 e. The lowest BCUT2D eigenvalue weighted by Crippen LogP contribution is -2.43. The summed E-state index contributed by atoms with van der Waals surface area (Å²) in [5.41, 5.74) is 0.901. The van der Waals surface area contributed by atoms with Crippen molar-refractivity contribution in [2.45, 2.75) is 12.6 Å². The number of nitrogens with one attached hydrogen (secondary N) is 1. The first kappa shape index (κ1) is 13.3. The Morgan fingerprint density at radius 2 is 1.86 bits per heavy atom. The molecule has 0 radical (unpaired) electrons. The summed E-state index contributed by atoms with van der Waals surface area (Å²) < 4.78 is 11.1. The molecule has 5 heteroatoms. The fourth-order valence-electron chi connectivity index (χ4n) is 2.07. The number of fused-ring (bicyclic) bond motifs is 1. The molecule has 2 aromatic carbocycles. The van der Waals surface area contributed by atoms with Crippen LogP contribution in [0.15, 0.2) is 48.5 Å². The van der Waals surface area contributed by atoms with Gasteiger partial charge in [0.1, 0.15) is 12.4 Å². The lowest BCUT2D eigenvalue weighted by molar-refractivity contribution is -0.130. The third-order valence-electron chi connectivity index (χ3n) is 3.20. The highest BCUT2D eigenvalue weighted by Crippen LogP contribution is 2.30. The molecule has 0 fully saturated rings. The minimum absolute atomic E-state index is 0.193. The van der Waals surface area contributed by atoms with Crippen LogP contribution in [-0.2, 0) is 11.3 Å². The quantitative estimate of drug-likeness (QED) is 0.903. The van der Waals surface area contributed by atoms with Crippen LogP contribution in [0.25, 0.3) is 0 Å². The molecule has 1 unspecified atom stereocenters. The maximum Gasteiger partial charge on any atom is 0.264 e. The first-order valence-corrected chi connectivity index (χ1v) is 6.66. The Balaban J connectivity index is 1.58. The standard InChI is InChI=1S/C16H15NO4/c18-12-7-5-11(6-8-12)9-17-16(19)15-10-20-13-3-1-2-4-14(13)21-15/h1-8,15,18H,9-10H2,(H,17,19). The lowest BCUT2D eigenvalue weighted by atomic mass is 10.2. The minimum atomic E-state index is -0.656. The molecule has 108 valence electrons. The Morgan fingerprint density at radius 3 is 2.62 bits per heavy atom. The summed E-state index contributed by atoms with van der Waals surface area (Å²) in [6, 6.07) is 13.9. The van der Waals surface area contributed by atoms with Crippen molar-refractivity contribution in [3.05, 3.63) is 54.1 Å².